The number of nitrogens with zero attached hydrogens (tertiary/aromatic N) is 1. The largest absolute Gasteiger partial charge is 0.336 e. The zero-order valence-electron chi connectivity index (χ0n) is 12.4. The summed E-state index contributed by atoms with van der Waals surface area (Å²) >= 11 is 0. The maximum absolute atomic E-state index is 13.2. The highest BCUT2D eigenvalue weighted by atomic mass is 16.2. The Kier molecular flexibility index (Phi) is 3.55. The summed E-state index contributed by atoms with van der Waals surface area (Å²) in [6.45, 7) is 6.03. The first-order valence-electron chi connectivity index (χ1n) is 7.73. The fraction of sp³-hybridized carbons (Fsp3) is 0.588. The number of hydrogen-bond acceptors (Lipinski definition) is 2. The molecule has 1 saturated carbocycles. The Morgan fingerprint density at radius 1 is 1.25 bits per heavy atom. The van der Waals surface area contributed by atoms with E-state index in [-0.39, 0.29) is 5.41 Å². The zero-order chi connectivity index (χ0) is 14.2. The topological polar surface area (TPSA) is 32.3 Å². The van der Waals surface area contributed by atoms with Gasteiger partial charge in [-0.15, -0.1) is 0 Å². The average molecular weight is 272 g/mol. The number of piperazine rings is 1. The third-order valence-corrected chi connectivity index (χ3v) is 4.97. The Hall–Kier alpha value is -1.35. The van der Waals surface area contributed by atoms with E-state index in [1.165, 1.54) is 5.56 Å². The first-order chi connectivity index (χ1) is 9.63. The number of benzene rings is 1. The molecule has 0 spiro atoms. The van der Waals surface area contributed by atoms with Gasteiger partial charge < -0.3 is 10.2 Å². The van der Waals surface area contributed by atoms with E-state index in [4.69, 9.17) is 0 Å². The van der Waals surface area contributed by atoms with Gasteiger partial charge in [0.05, 0.1) is 5.41 Å². The minimum Gasteiger partial charge on any atom is -0.336 e. The SMILES string of the molecule is CC1CN(C(=O)C2(c3ccccc3)CCC2)C(C)CN1. The van der Waals surface area contributed by atoms with Crippen LogP contribution >= 0.6 is 0 Å². The minimum atomic E-state index is -0.243. The van der Waals surface area contributed by atoms with Crippen molar-refractivity contribution in [2.45, 2.75) is 50.6 Å². The van der Waals surface area contributed by atoms with E-state index in [1.807, 2.05) is 18.2 Å². The average Bonchev–Trinajstić information content (AvgIpc) is 2.41. The Labute approximate surface area is 121 Å². The van der Waals surface area contributed by atoms with E-state index in [0.29, 0.717) is 18.0 Å². The lowest BCUT2D eigenvalue weighted by Gasteiger charge is -2.48. The van der Waals surface area contributed by atoms with Gasteiger partial charge in [0.2, 0.25) is 5.91 Å². The van der Waals surface area contributed by atoms with E-state index >= 15 is 0 Å². The molecule has 2 fully saturated rings. The van der Waals surface area contributed by atoms with Crippen molar-refractivity contribution in [1.82, 2.24) is 10.2 Å². The molecular weight excluding hydrogens is 248 g/mol. The van der Waals surface area contributed by atoms with Gasteiger partial charge in [-0.05, 0) is 32.3 Å². The molecule has 0 bridgehead atoms. The molecular formula is C17H24N2O. The second kappa shape index (κ2) is 5.21. The standard InChI is InChI=1S/C17H24N2O/c1-13-12-19(14(2)11-18-13)16(20)17(9-6-10-17)15-7-4-3-5-8-15/h3-5,7-8,13-14,18H,6,9-12H2,1-2H3. The van der Waals surface area contributed by atoms with Crippen molar-refractivity contribution < 1.29 is 4.79 Å². The lowest BCUT2D eigenvalue weighted by Crippen LogP contribution is -2.61. The predicted octanol–water partition coefficient (Wildman–Crippen LogP) is 2.32. The molecule has 1 aliphatic heterocycles. The van der Waals surface area contributed by atoms with Crippen molar-refractivity contribution in [1.29, 1.82) is 0 Å². The summed E-state index contributed by atoms with van der Waals surface area (Å²) in [4.78, 5) is 15.3. The lowest BCUT2D eigenvalue weighted by atomic mass is 9.63. The van der Waals surface area contributed by atoms with E-state index in [1.54, 1.807) is 0 Å². The number of carbonyl (C=O) groups excluding carboxylic acids is 1. The van der Waals surface area contributed by atoms with Gasteiger partial charge in [-0.2, -0.15) is 0 Å². The van der Waals surface area contributed by atoms with Crippen molar-refractivity contribution in [2.75, 3.05) is 13.1 Å². The normalized spacial score (nSPS) is 28.8. The lowest BCUT2D eigenvalue weighted by molar-refractivity contribution is -0.144. The molecule has 0 radical (unpaired) electrons. The first kappa shape index (κ1) is 13.6. The molecule has 1 aliphatic carbocycles. The van der Waals surface area contributed by atoms with Crippen LogP contribution in [0.4, 0.5) is 0 Å². The van der Waals surface area contributed by atoms with Crippen molar-refractivity contribution in [3.8, 4) is 0 Å². The molecule has 3 rings (SSSR count). The molecule has 1 saturated heterocycles. The number of nitrogens with one attached hydrogen (secondary N) is 1. The third kappa shape index (κ3) is 2.14. The highest BCUT2D eigenvalue weighted by Gasteiger charge is 2.48. The van der Waals surface area contributed by atoms with Crippen molar-refractivity contribution in [3.05, 3.63) is 35.9 Å². The van der Waals surface area contributed by atoms with Crippen LogP contribution in [0, 0.1) is 0 Å². The Morgan fingerprint density at radius 2 is 1.95 bits per heavy atom. The van der Waals surface area contributed by atoms with Gasteiger partial charge in [0, 0.05) is 25.2 Å². The van der Waals surface area contributed by atoms with Gasteiger partial charge in [0.1, 0.15) is 0 Å². The van der Waals surface area contributed by atoms with Crippen LogP contribution in [-0.4, -0.2) is 36.0 Å². The molecule has 2 atom stereocenters. The fourth-order valence-corrected chi connectivity index (χ4v) is 3.49. The quantitative estimate of drug-likeness (QED) is 0.896. The maximum atomic E-state index is 13.2. The Bertz CT molecular complexity index is 481. The molecule has 1 amide bonds. The van der Waals surface area contributed by atoms with Crippen LogP contribution in [-0.2, 0) is 10.2 Å². The van der Waals surface area contributed by atoms with Crippen LogP contribution in [0.2, 0.25) is 0 Å². The molecule has 20 heavy (non-hydrogen) atoms. The molecule has 2 aliphatic rings. The van der Waals surface area contributed by atoms with Crippen molar-refractivity contribution in [2.24, 2.45) is 0 Å². The van der Waals surface area contributed by atoms with E-state index < -0.39 is 0 Å². The molecule has 1 heterocycles. The minimum absolute atomic E-state index is 0.243. The van der Waals surface area contributed by atoms with Crippen molar-refractivity contribution in [3.63, 3.8) is 0 Å². The molecule has 3 heteroatoms. The molecule has 108 valence electrons. The van der Waals surface area contributed by atoms with Gasteiger partial charge in [-0.1, -0.05) is 36.8 Å². The third-order valence-electron chi connectivity index (χ3n) is 4.97. The van der Waals surface area contributed by atoms with E-state index in [0.717, 1.165) is 32.4 Å². The number of hydrogen-bond donors (Lipinski definition) is 1. The molecule has 1 aromatic rings. The molecule has 1 aromatic carbocycles. The zero-order valence-corrected chi connectivity index (χ0v) is 12.4. The molecule has 3 nitrogen and oxygen atoms in total. The summed E-state index contributed by atoms with van der Waals surface area (Å²) in [5.74, 6) is 0.343. The smallest absolute Gasteiger partial charge is 0.233 e. The van der Waals surface area contributed by atoms with Crippen LogP contribution in [0.5, 0.6) is 0 Å². The van der Waals surface area contributed by atoms with Gasteiger partial charge in [-0.3, -0.25) is 4.79 Å². The number of rotatable bonds is 2. The van der Waals surface area contributed by atoms with Crippen LogP contribution in [0.25, 0.3) is 0 Å². The van der Waals surface area contributed by atoms with Crippen LogP contribution in [0.3, 0.4) is 0 Å². The summed E-state index contributed by atoms with van der Waals surface area (Å²) < 4.78 is 0. The second-order valence-electron chi connectivity index (χ2n) is 6.42. The van der Waals surface area contributed by atoms with Gasteiger partial charge in [0.15, 0.2) is 0 Å². The molecule has 0 aromatic heterocycles. The van der Waals surface area contributed by atoms with Crippen LogP contribution in [0.1, 0.15) is 38.7 Å². The molecule has 1 N–H and O–H groups in total. The monoisotopic (exact) mass is 272 g/mol. The van der Waals surface area contributed by atoms with Gasteiger partial charge in [0.25, 0.3) is 0 Å². The Morgan fingerprint density at radius 3 is 2.55 bits per heavy atom. The summed E-state index contributed by atoms with van der Waals surface area (Å²) in [6.07, 6.45) is 3.17. The van der Waals surface area contributed by atoms with Crippen molar-refractivity contribution >= 4 is 5.91 Å². The van der Waals surface area contributed by atoms with Gasteiger partial charge in [-0.25, -0.2) is 0 Å². The number of amides is 1. The summed E-state index contributed by atoms with van der Waals surface area (Å²) in [5.41, 5.74) is 0.960. The van der Waals surface area contributed by atoms with Crippen LogP contribution in [0.15, 0.2) is 30.3 Å². The summed E-state index contributed by atoms with van der Waals surface area (Å²) in [6, 6.07) is 11.0. The fourth-order valence-electron chi connectivity index (χ4n) is 3.49. The first-order valence-corrected chi connectivity index (χ1v) is 7.73. The highest BCUT2D eigenvalue weighted by molar-refractivity contribution is 5.89. The highest BCUT2D eigenvalue weighted by Crippen LogP contribution is 2.45. The summed E-state index contributed by atoms with van der Waals surface area (Å²) in [7, 11) is 0. The number of carbonyl (C=O) groups is 1. The maximum Gasteiger partial charge on any atom is 0.233 e. The Balaban J connectivity index is 1.88. The summed E-state index contributed by atoms with van der Waals surface area (Å²) in [5, 5.41) is 3.45. The molecule has 2 unspecified atom stereocenters. The van der Waals surface area contributed by atoms with E-state index in [9.17, 15) is 4.79 Å². The van der Waals surface area contributed by atoms with Crippen LogP contribution < -0.4 is 5.32 Å². The predicted molar refractivity (Wildman–Crippen MR) is 80.6 cm³/mol. The van der Waals surface area contributed by atoms with Gasteiger partial charge >= 0.3 is 0 Å². The second-order valence-corrected chi connectivity index (χ2v) is 6.42. The van der Waals surface area contributed by atoms with E-state index in [2.05, 4.69) is 36.2 Å².